The van der Waals surface area contributed by atoms with Crippen LogP contribution in [0, 0.1) is 0 Å². The Morgan fingerprint density at radius 2 is 2.00 bits per heavy atom. The minimum atomic E-state index is 1.47. The molecule has 0 heterocycles. The van der Waals surface area contributed by atoms with Crippen molar-refractivity contribution in [3.05, 3.63) is 23.8 Å². The van der Waals surface area contributed by atoms with Gasteiger partial charge in [-0.3, -0.25) is 0 Å². The van der Waals surface area contributed by atoms with Crippen LogP contribution in [0.25, 0.3) is 0 Å². The molecule has 0 spiro atoms. The van der Waals surface area contributed by atoms with Crippen LogP contribution in [0.2, 0.25) is 0 Å². The summed E-state index contributed by atoms with van der Waals surface area (Å²) in [5.74, 6) is 0. The maximum atomic E-state index is 5.15. The van der Waals surface area contributed by atoms with Crippen LogP contribution in [0.4, 0.5) is 0 Å². The van der Waals surface area contributed by atoms with E-state index < -0.39 is 0 Å². The first kappa shape index (κ1) is 5.77. The van der Waals surface area contributed by atoms with E-state index in [2.05, 4.69) is 0 Å². The first-order valence-electron chi connectivity index (χ1n) is 1.80. The SMILES string of the molecule is C/C=C/C=CCl. The molecule has 0 bridgehead atoms. The molecule has 34 valence electrons. The Morgan fingerprint density at radius 1 is 1.33 bits per heavy atom. The summed E-state index contributed by atoms with van der Waals surface area (Å²) < 4.78 is 0. The highest BCUT2D eigenvalue weighted by Gasteiger charge is 1.50. The van der Waals surface area contributed by atoms with Gasteiger partial charge < -0.3 is 0 Å². The third-order valence-electron chi connectivity index (χ3n) is 0.376. The third-order valence-corrected chi connectivity index (χ3v) is 0.522. The molecule has 0 aliphatic heterocycles. The lowest BCUT2D eigenvalue weighted by Gasteiger charge is -1.61. The zero-order valence-corrected chi connectivity index (χ0v) is 4.44. The van der Waals surface area contributed by atoms with Gasteiger partial charge in [0.2, 0.25) is 0 Å². The molecular weight excluding hydrogens is 95.5 g/mol. The Kier molecular flexibility index (Phi) is 4.59. The maximum Gasteiger partial charge on any atom is 0.00423 e. The van der Waals surface area contributed by atoms with Crippen molar-refractivity contribution in [3.63, 3.8) is 0 Å². The average molecular weight is 103 g/mol. The topological polar surface area (TPSA) is 0 Å². The third kappa shape index (κ3) is 3.77. The second-order valence-corrected chi connectivity index (χ2v) is 1.10. The molecule has 0 aromatic rings. The Hall–Kier alpha value is -0.230. The van der Waals surface area contributed by atoms with Crippen molar-refractivity contribution in [2.45, 2.75) is 6.92 Å². The molecule has 0 atom stereocenters. The standard InChI is InChI=1S/C5H7Cl/c1-2-3-4-5-6/h2-5H,1H3/b3-2+,5-4?. The van der Waals surface area contributed by atoms with Gasteiger partial charge in [-0.05, 0) is 6.92 Å². The van der Waals surface area contributed by atoms with E-state index in [1.807, 2.05) is 19.1 Å². The summed E-state index contributed by atoms with van der Waals surface area (Å²) in [7, 11) is 0. The first-order chi connectivity index (χ1) is 2.91. The fourth-order valence-electron chi connectivity index (χ4n) is 0.153. The predicted octanol–water partition coefficient (Wildman–Crippen LogP) is 2.32. The van der Waals surface area contributed by atoms with Crippen molar-refractivity contribution >= 4 is 11.6 Å². The van der Waals surface area contributed by atoms with E-state index >= 15 is 0 Å². The van der Waals surface area contributed by atoms with E-state index in [4.69, 9.17) is 11.6 Å². The first-order valence-corrected chi connectivity index (χ1v) is 2.23. The van der Waals surface area contributed by atoms with Crippen LogP contribution < -0.4 is 0 Å². The number of hydrogen-bond acceptors (Lipinski definition) is 0. The molecule has 6 heavy (non-hydrogen) atoms. The lowest BCUT2D eigenvalue weighted by molar-refractivity contribution is 1.74. The van der Waals surface area contributed by atoms with Crippen molar-refractivity contribution in [1.29, 1.82) is 0 Å². The van der Waals surface area contributed by atoms with Crippen LogP contribution in [0.15, 0.2) is 23.8 Å². The van der Waals surface area contributed by atoms with Gasteiger partial charge in [0.25, 0.3) is 0 Å². The van der Waals surface area contributed by atoms with Crippen molar-refractivity contribution in [2.75, 3.05) is 0 Å². The van der Waals surface area contributed by atoms with Crippen molar-refractivity contribution < 1.29 is 0 Å². The van der Waals surface area contributed by atoms with E-state index in [1.54, 1.807) is 6.08 Å². The second kappa shape index (κ2) is 4.77. The van der Waals surface area contributed by atoms with Gasteiger partial charge in [0.05, 0.1) is 0 Å². The van der Waals surface area contributed by atoms with Gasteiger partial charge >= 0.3 is 0 Å². The smallest absolute Gasteiger partial charge is 0.00423 e. The van der Waals surface area contributed by atoms with Crippen LogP contribution in [-0.2, 0) is 0 Å². The van der Waals surface area contributed by atoms with Gasteiger partial charge in [-0.25, -0.2) is 0 Å². The Bertz CT molecular complexity index is 52.3. The van der Waals surface area contributed by atoms with E-state index in [-0.39, 0.29) is 0 Å². The van der Waals surface area contributed by atoms with E-state index in [0.717, 1.165) is 0 Å². The molecule has 0 aliphatic carbocycles. The molecule has 0 amide bonds. The van der Waals surface area contributed by atoms with Crippen LogP contribution in [0.5, 0.6) is 0 Å². The fraction of sp³-hybridized carbons (Fsp3) is 0.200. The molecule has 0 aromatic heterocycles. The molecule has 0 radical (unpaired) electrons. The molecule has 1 heteroatoms. The van der Waals surface area contributed by atoms with Crippen LogP contribution in [0.1, 0.15) is 6.92 Å². The number of allylic oxidation sites excluding steroid dienone is 3. The van der Waals surface area contributed by atoms with Gasteiger partial charge in [-0.15, -0.1) is 0 Å². The second-order valence-electron chi connectivity index (χ2n) is 0.844. The minimum absolute atomic E-state index is 1.47. The monoisotopic (exact) mass is 102 g/mol. The zero-order chi connectivity index (χ0) is 4.83. The van der Waals surface area contributed by atoms with Gasteiger partial charge in [0.15, 0.2) is 0 Å². The van der Waals surface area contributed by atoms with E-state index in [0.29, 0.717) is 0 Å². The number of hydrogen-bond donors (Lipinski definition) is 0. The fourth-order valence-corrected chi connectivity index (χ4v) is 0.237. The Balaban J connectivity index is 3.07. The molecule has 0 nitrogen and oxygen atoms in total. The van der Waals surface area contributed by atoms with E-state index in [1.165, 1.54) is 5.54 Å². The van der Waals surface area contributed by atoms with Gasteiger partial charge in [-0.2, -0.15) is 0 Å². The van der Waals surface area contributed by atoms with Crippen LogP contribution in [-0.4, -0.2) is 0 Å². The molecular formula is C5H7Cl. The highest BCUT2D eigenvalue weighted by Crippen LogP contribution is 1.77. The summed E-state index contributed by atoms with van der Waals surface area (Å²) in [6.07, 6.45) is 5.55. The number of rotatable bonds is 1. The molecule has 0 rings (SSSR count). The quantitative estimate of drug-likeness (QED) is 0.446. The predicted molar refractivity (Wildman–Crippen MR) is 29.8 cm³/mol. The molecule has 0 saturated carbocycles. The van der Waals surface area contributed by atoms with Crippen molar-refractivity contribution in [1.82, 2.24) is 0 Å². The lowest BCUT2D eigenvalue weighted by atomic mass is 10.5. The molecule has 0 N–H and O–H groups in total. The zero-order valence-electron chi connectivity index (χ0n) is 3.69. The Morgan fingerprint density at radius 3 is 2.17 bits per heavy atom. The minimum Gasteiger partial charge on any atom is -0.0930 e. The molecule has 0 aliphatic rings. The maximum absolute atomic E-state index is 5.15. The lowest BCUT2D eigenvalue weighted by Crippen LogP contribution is -1.37. The normalized spacial score (nSPS) is 11.7. The molecule has 0 saturated heterocycles. The molecule has 0 unspecified atom stereocenters. The van der Waals surface area contributed by atoms with Crippen molar-refractivity contribution in [2.24, 2.45) is 0 Å². The van der Waals surface area contributed by atoms with Gasteiger partial charge in [-0.1, -0.05) is 29.8 Å². The van der Waals surface area contributed by atoms with Crippen LogP contribution >= 0.6 is 11.6 Å². The summed E-state index contributed by atoms with van der Waals surface area (Å²) in [5, 5.41) is 0. The average Bonchev–Trinajstić information content (AvgIpc) is 1.61. The summed E-state index contributed by atoms with van der Waals surface area (Å²) in [5.41, 5.74) is 1.47. The number of halogens is 1. The Labute approximate surface area is 43.1 Å². The summed E-state index contributed by atoms with van der Waals surface area (Å²) in [6, 6.07) is 0. The summed E-state index contributed by atoms with van der Waals surface area (Å²) in [4.78, 5) is 0. The highest BCUT2D eigenvalue weighted by molar-refractivity contribution is 6.25. The highest BCUT2D eigenvalue weighted by atomic mass is 35.5. The summed E-state index contributed by atoms with van der Waals surface area (Å²) in [6.45, 7) is 1.94. The summed E-state index contributed by atoms with van der Waals surface area (Å²) >= 11 is 5.15. The van der Waals surface area contributed by atoms with Gasteiger partial charge in [0.1, 0.15) is 0 Å². The molecule has 0 fully saturated rings. The molecule has 0 aromatic carbocycles. The van der Waals surface area contributed by atoms with Crippen LogP contribution in [0.3, 0.4) is 0 Å². The van der Waals surface area contributed by atoms with Gasteiger partial charge in [0, 0.05) is 5.54 Å². The largest absolute Gasteiger partial charge is 0.0930 e. The van der Waals surface area contributed by atoms with Crippen molar-refractivity contribution in [3.8, 4) is 0 Å². The van der Waals surface area contributed by atoms with E-state index in [9.17, 15) is 0 Å².